The Morgan fingerprint density at radius 1 is 1.19 bits per heavy atom. The van der Waals surface area contributed by atoms with Gasteiger partial charge in [0.15, 0.2) is 5.16 Å². The van der Waals surface area contributed by atoms with Crippen LogP contribution in [-0.2, 0) is 6.54 Å². The van der Waals surface area contributed by atoms with Crippen LogP contribution in [0.1, 0.15) is 30.9 Å². The van der Waals surface area contributed by atoms with Crippen LogP contribution in [0.15, 0.2) is 47.6 Å². The number of hydrogen-bond acceptors (Lipinski definition) is 4. The number of nitrogens with zero attached hydrogens (tertiary/aromatic N) is 2. The van der Waals surface area contributed by atoms with E-state index >= 15 is 0 Å². The van der Waals surface area contributed by atoms with Crippen molar-refractivity contribution >= 4 is 22.8 Å². The van der Waals surface area contributed by atoms with Crippen LogP contribution in [0.25, 0.3) is 11.0 Å². The topological polar surface area (TPSA) is 47.3 Å². The first-order chi connectivity index (χ1) is 12.6. The maximum absolute atomic E-state index is 9.14. The molecule has 2 aromatic carbocycles. The zero-order valence-electron chi connectivity index (χ0n) is 15.6. The number of rotatable bonds is 8. The number of ether oxygens (including phenoxy) is 1. The number of imidazole rings is 1. The fraction of sp³-hybridized carbons (Fsp3) is 0.381. The highest BCUT2D eigenvalue weighted by Gasteiger charge is 2.12. The van der Waals surface area contributed by atoms with Crippen molar-refractivity contribution in [2.45, 2.75) is 38.4 Å². The van der Waals surface area contributed by atoms with Gasteiger partial charge in [0.2, 0.25) is 0 Å². The van der Waals surface area contributed by atoms with Crippen molar-refractivity contribution in [1.82, 2.24) is 9.55 Å². The van der Waals surface area contributed by atoms with Gasteiger partial charge in [-0.05, 0) is 42.2 Å². The van der Waals surface area contributed by atoms with E-state index in [1.54, 1.807) is 11.8 Å². The molecule has 0 amide bonds. The third kappa shape index (κ3) is 4.22. The summed E-state index contributed by atoms with van der Waals surface area (Å²) < 4.78 is 8.33. The Morgan fingerprint density at radius 3 is 2.77 bits per heavy atom. The SMILES string of the molecule is Cc1ccc(C(C)C)c(OCCn2c(SCCO)nc3ccccc32)c1. The predicted molar refractivity (Wildman–Crippen MR) is 108 cm³/mol. The van der Waals surface area contributed by atoms with Crippen molar-refractivity contribution in [3.63, 3.8) is 0 Å². The van der Waals surface area contributed by atoms with Crippen molar-refractivity contribution < 1.29 is 9.84 Å². The Morgan fingerprint density at radius 2 is 2.00 bits per heavy atom. The van der Waals surface area contributed by atoms with Gasteiger partial charge < -0.3 is 14.4 Å². The fourth-order valence-electron chi connectivity index (χ4n) is 3.01. The van der Waals surface area contributed by atoms with Crippen LogP contribution in [0, 0.1) is 6.92 Å². The van der Waals surface area contributed by atoms with E-state index in [-0.39, 0.29) is 6.61 Å². The van der Waals surface area contributed by atoms with E-state index in [4.69, 9.17) is 14.8 Å². The minimum absolute atomic E-state index is 0.144. The number of aliphatic hydroxyl groups is 1. The maximum Gasteiger partial charge on any atom is 0.169 e. The van der Waals surface area contributed by atoms with Crippen LogP contribution in [0.5, 0.6) is 5.75 Å². The summed E-state index contributed by atoms with van der Waals surface area (Å²) in [5.74, 6) is 2.03. The Balaban J connectivity index is 1.79. The smallest absolute Gasteiger partial charge is 0.169 e. The summed E-state index contributed by atoms with van der Waals surface area (Å²) in [4.78, 5) is 4.69. The number of aryl methyl sites for hydroxylation is 1. The minimum atomic E-state index is 0.144. The van der Waals surface area contributed by atoms with Gasteiger partial charge in [-0.3, -0.25) is 0 Å². The molecule has 0 fully saturated rings. The number of benzene rings is 2. The predicted octanol–water partition coefficient (Wildman–Crippen LogP) is 4.63. The molecule has 0 radical (unpaired) electrons. The lowest BCUT2D eigenvalue weighted by Gasteiger charge is -2.16. The van der Waals surface area contributed by atoms with Gasteiger partial charge in [0.1, 0.15) is 12.4 Å². The quantitative estimate of drug-likeness (QED) is 0.587. The molecule has 5 heteroatoms. The van der Waals surface area contributed by atoms with Crippen molar-refractivity contribution in [1.29, 1.82) is 0 Å². The van der Waals surface area contributed by atoms with E-state index in [1.165, 1.54) is 11.1 Å². The first-order valence-corrected chi connectivity index (χ1v) is 10.0. The fourth-order valence-corrected chi connectivity index (χ4v) is 3.79. The van der Waals surface area contributed by atoms with Crippen LogP contribution < -0.4 is 4.74 Å². The third-order valence-corrected chi connectivity index (χ3v) is 5.26. The molecule has 0 aliphatic carbocycles. The van der Waals surface area contributed by atoms with Crippen molar-refractivity contribution in [2.75, 3.05) is 19.0 Å². The lowest BCUT2D eigenvalue weighted by atomic mass is 10.0. The molecule has 26 heavy (non-hydrogen) atoms. The van der Waals surface area contributed by atoms with Crippen LogP contribution in [0.3, 0.4) is 0 Å². The summed E-state index contributed by atoms with van der Waals surface area (Å²) in [5.41, 5.74) is 4.52. The molecule has 3 rings (SSSR count). The number of thioether (sulfide) groups is 1. The first kappa shape index (κ1) is 18.8. The second kappa shape index (κ2) is 8.60. The second-order valence-corrected chi connectivity index (χ2v) is 7.71. The summed E-state index contributed by atoms with van der Waals surface area (Å²) in [6.07, 6.45) is 0. The summed E-state index contributed by atoms with van der Waals surface area (Å²) >= 11 is 1.58. The van der Waals surface area contributed by atoms with Crippen LogP contribution in [0.2, 0.25) is 0 Å². The van der Waals surface area contributed by atoms with Crippen molar-refractivity contribution in [2.24, 2.45) is 0 Å². The molecule has 0 spiro atoms. The molecular weight excluding hydrogens is 344 g/mol. The molecular formula is C21H26N2O2S. The summed E-state index contributed by atoms with van der Waals surface area (Å²) in [7, 11) is 0. The average molecular weight is 371 g/mol. The molecule has 0 saturated carbocycles. The Labute approximate surface area is 159 Å². The molecule has 0 aliphatic rings. The van der Waals surface area contributed by atoms with Gasteiger partial charge in [-0.25, -0.2) is 4.98 Å². The summed E-state index contributed by atoms with van der Waals surface area (Å²) in [6.45, 7) is 7.90. The molecule has 1 N–H and O–H groups in total. The molecule has 1 heterocycles. The largest absolute Gasteiger partial charge is 0.491 e. The zero-order valence-corrected chi connectivity index (χ0v) is 16.4. The monoisotopic (exact) mass is 370 g/mol. The van der Waals surface area contributed by atoms with Gasteiger partial charge >= 0.3 is 0 Å². The Hall–Kier alpha value is -1.98. The van der Waals surface area contributed by atoms with E-state index < -0.39 is 0 Å². The van der Waals surface area contributed by atoms with Crippen LogP contribution in [-0.4, -0.2) is 33.6 Å². The van der Waals surface area contributed by atoms with Crippen LogP contribution >= 0.6 is 11.8 Å². The van der Waals surface area contributed by atoms with Gasteiger partial charge in [0, 0.05) is 5.75 Å². The normalized spacial score (nSPS) is 11.4. The third-order valence-electron chi connectivity index (χ3n) is 4.31. The summed E-state index contributed by atoms with van der Waals surface area (Å²) in [5, 5.41) is 10.1. The molecule has 1 aromatic heterocycles. The van der Waals surface area contributed by atoms with Gasteiger partial charge in [0.05, 0.1) is 24.2 Å². The molecule has 138 valence electrons. The number of aliphatic hydroxyl groups excluding tert-OH is 1. The van der Waals surface area contributed by atoms with E-state index in [9.17, 15) is 0 Å². The van der Waals surface area contributed by atoms with Crippen molar-refractivity contribution in [3.8, 4) is 5.75 Å². The van der Waals surface area contributed by atoms with Gasteiger partial charge in [-0.1, -0.05) is 49.9 Å². The highest BCUT2D eigenvalue weighted by molar-refractivity contribution is 7.99. The molecule has 0 atom stereocenters. The molecule has 3 aromatic rings. The molecule has 4 nitrogen and oxygen atoms in total. The highest BCUT2D eigenvalue weighted by atomic mass is 32.2. The average Bonchev–Trinajstić information content (AvgIpc) is 2.97. The van der Waals surface area contributed by atoms with E-state index in [0.29, 0.717) is 18.3 Å². The second-order valence-electron chi connectivity index (χ2n) is 6.65. The molecule has 0 saturated heterocycles. The lowest BCUT2D eigenvalue weighted by Crippen LogP contribution is -2.11. The Kier molecular flexibility index (Phi) is 6.22. The standard InChI is InChI=1S/C21H26N2O2S/c1-15(2)17-9-8-16(3)14-20(17)25-12-10-23-19-7-5-4-6-18(19)22-21(23)26-13-11-24/h4-9,14-15,24H,10-13H2,1-3H3. The molecule has 0 bridgehead atoms. The Bertz CT molecular complexity index is 874. The molecule has 0 unspecified atom stereocenters. The zero-order chi connectivity index (χ0) is 18.5. The van der Waals surface area contributed by atoms with Gasteiger partial charge in [0.25, 0.3) is 0 Å². The van der Waals surface area contributed by atoms with Gasteiger partial charge in [-0.2, -0.15) is 0 Å². The van der Waals surface area contributed by atoms with Crippen molar-refractivity contribution in [3.05, 3.63) is 53.6 Å². The van der Waals surface area contributed by atoms with Crippen LogP contribution in [0.4, 0.5) is 0 Å². The number of fused-ring (bicyclic) bond motifs is 1. The first-order valence-electron chi connectivity index (χ1n) is 9.02. The number of para-hydroxylation sites is 2. The number of hydrogen-bond donors (Lipinski definition) is 1. The van der Waals surface area contributed by atoms with E-state index in [0.717, 1.165) is 28.5 Å². The minimum Gasteiger partial charge on any atom is -0.491 e. The van der Waals surface area contributed by atoms with E-state index in [2.05, 4.69) is 49.6 Å². The maximum atomic E-state index is 9.14. The van der Waals surface area contributed by atoms with Gasteiger partial charge in [-0.15, -0.1) is 0 Å². The number of aromatic nitrogens is 2. The molecule has 0 aliphatic heterocycles. The van der Waals surface area contributed by atoms with E-state index in [1.807, 2.05) is 18.2 Å². The summed E-state index contributed by atoms with van der Waals surface area (Å²) in [6, 6.07) is 14.5. The lowest BCUT2D eigenvalue weighted by molar-refractivity contribution is 0.291. The highest BCUT2D eigenvalue weighted by Crippen LogP contribution is 2.28.